The van der Waals surface area contributed by atoms with Crippen LogP contribution in [0.15, 0.2) is 24.3 Å². The van der Waals surface area contributed by atoms with Gasteiger partial charge < -0.3 is 14.4 Å². The summed E-state index contributed by atoms with van der Waals surface area (Å²) in [5.41, 5.74) is 0. The molecule has 1 aliphatic rings. The van der Waals surface area contributed by atoms with Crippen LogP contribution in [0.5, 0.6) is 5.75 Å². The largest absolute Gasteiger partial charge is 0.490 e. The Balaban J connectivity index is 1.72. The van der Waals surface area contributed by atoms with E-state index < -0.39 is 0 Å². The summed E-state index contributed by atoms with van der Waals surface area (Å²) in [6, 6.07) is 6.05. The van der Waals surface area contributed by atoms with Crippen LogP contribution in [0.4, 0.5) is 4.39 Å². The van der Waals surface area contributed by atoms with E-state index in [1.165, 1.54) is 12.1 Å². The van der Waals surface area contributed by atoms with Gasteiger partial charge in [0.25, 0.3) is 0 Å². The van der Waals surface area contributed by atoms with Gasteiger partial charge in [-0.05, 0) is 31.2 Å². The van der Waals surface area contributed by atoms with Gasteiger partial charge in [0.1, 0.15) is 17.7 Å². The molecule has 0 N–H and O–H groups in total. The lowest BCUT2D eigenvalue weighted by atomic mass is 10.1. The summed E-state index contributed by atoms with van der Waals surface area (Å²) in [5.74, 6) is 0.554. The maximum atomic E-state index is 12.8. The van der Waals surface area contributed by atoms with Gasteiger partial charge in [0, 0.05) is 32.5 Å². The Kier molecular flexibility index (Phi) is 5.99. The summed E-state index contributed by atoms with van der Waals surface area (Å²) in [4.78, 5) is 13.8. The number of hydrogen-bond donors (Lipinski definition) is 0. The summed E-state index contributed by atoms with van der Waals surface area (Å²) in [6.07, 6.45) is 2.14. The number of hydrogen-bond acceptors (Lipinski definition) is 3. The van der Waals surface area contributed by atoms with Gasteiger partial charge in [0.2, 0.25) is 5.91 Å². The molecule has 0 aliphatic carbocycles. The highest BCUT2D eigenvalue weighted by atomic mass is 19.1. The summed E-state index contributed by atoms with van der Waals surface area (Å²) < 4.78 is 23.8. The zero-order valence-corrected chi connectivity index (χ0v) is 12.4. The third-order valence-electron chi connectivity index (χ3n) is 3.58. The van der Waals surface area contributed by atoms with Crippen molar-refractivity contribution in [1.82, 2.24) is 4.90 Å². The van der Waals surface area contributed by atoms with Gasteiger partial charge in [-0.1, -0.05) is 0 Å². The Bertz CT molecular complexity index is 441. The van der Waals surface area contributed by atoms with Crippen molar-refractivity contribution < 1.29 is 18.7 Å². The van der Waals surface area contributed by atoms with E-state index in [0.717, 1.165) is 12.8 Å². The monoisotopic (exact) mass is 295 g/mol. The van der Waals surface area contributed by atoms with Crippen LogP contribution in [-0.4, -0.2) is 43.2 Å². The molecule has 1 aliphatic heterocycles. The lowest BCUT2D eigenvalue weighted by Gasteiger charge is -2.32. The molecule has 0 atom stereocenters. The molecule has 0 saturated carbocycles. The number of piperidine rings is 1. The molecule has 0 bridgehead atoms. The van der Waals surface area contributed by atoms with Gasteiger partial charge in [-0.25, -0.2) is 4.39 Å². The summed E-state index contributed by atoms with van der Waals surface area (Å²) >= 11 is 0. The third kappa shape index (κ3) is 5.01. The summed E-state index contributed by atoms with van der Waals surface area (Å²) in [5, 5.41) is 0. The molecule has 0 aromatic heterocycles. The van der Waals surface area contributed by atoms with E-state index in [1.807, 2.05) is 11.8 Å². The topological polar surface area (TPSA) is 38.8 Å². The second-order valence-electron chi connectivity index (χ2n) is 5.10. The summed E-state index contributed by atoms with van der Waals surface area (Å²) in [7, 11) is 0. The first-order valence-electron chi connectivity index (χ1n) is 7.46. The van der Waals surface area contributed by atoms with E-state index in [4.69, 9.17) is 9.47 Å². The van der Waals surface area contributed by atoms with Crippen molar-refractivity contribution in [2.75, 3.05) is 26.3 Å². The van der Waals surface area contributed by atoms with Crippen molar-refractivity contribution >= 4 is 5.91 Å². The first-order valence-corrected chi connectivity index (χ1v) is 7.46. The Labute approximate surface area is 124 Å². The van der Waals surface area contributed by atoms with Crippen LogP contribution in [0.25, 0.3) is 0 Å². The van der Waals surface area contributed by atoms with Crippen molar-refractivity contribution in [2.24, 2.45) is 0 Å². The van der Waals surface area contributed by atoms with Gasteiger partial charge >= 0.3 is 0 Å². The molecule has 1 heterocycles. The van der Waals surface area contributed by atoms with Gasteiger partial charge in [0.05, 0.1) is 13.0 Å². The van der Waals surface area contributed by atoms with E-state index >= 15 is 0 Å². The van der Waals surface area contributed by atoms with Crippen molar-refractivity contribution in [3.63, 3.8) is 0 Å². The van der Waals surface area contributed by atoms with Gasteiger partial charge in [-0.3, -0.25) is 4.79 Å². The normalized spacial score (nSPS) is 16.0. The van der Waals surface area contributed by atoms with E-state index in [1.54, 1.807) is 12.1 Å². The first kappa shape index (κ1) is 15.8. The lowest BCUT2D eigenvalue weighted by molar-refractivity contribution is -0.134. The number of benzene rings is 1. The molecule has 116 valence electrons. The fraction of sp³-hybridized carbons (Fsp3) is 0.562. The summed E-state index contributed by atoms with van der Waals surface area (Å²) in [6.45, 7) is 4.46. The van der Waals surface area contributed by atoms with Crippen molar-refractivity contribution in [3.05, 3.63) is 30.1 Å². The predicted molar refractivity (Wildman–Crippen MR) is 77.7 cm³/mol. The van der Waals surface area contributed by atoms with Crippen LogP contribution in [0.3, 0.4) is 0 Å². The fourth-order valence-electron chi connectivity index (χ4n) is 2.39. The van der Waals surface area contributed by atoms with Crippen LogP contribution in [0, 0.1) is 5.82 Å². The average molecular weight is 295 g/mol. The number of ether oxygens (including phenoxy) is 2. The van der Waals surface area contributed by atoms with Crippen LogP contribution >= 0.6 is 0 Å². The smallest absolute Gasteiger partial charge is 0.224 e. The number of nitrogens with zero attached hydrogens (tertiary/aromatic N) is 1. The molecule has 1 fully saturated rings. The molecule has 21 heavy (non-hydrogen) atoms. The van der Waals surface area contributed by atoms with Crippen molar-refractivity contribution in [1.29, 1.82) is 0 Å². The van der Waals surface area contributed by atoms with Crippen molar-refractivity contribution in [2.45, 2.75) is 32.3 Å². The number of amides is 1. The lowest BCUT2D eigenvalue weighted by Crippen LogP contribution is -2.42. The molecule has 5 heteroatoms. The molecular formula is C16H22FNO3. The van der Waals surface area contributed by atoms with E-state index in [2.05, 4.69) is 0 Å². The second-order valence-corrected chi connectivity index (χ2v) is 5.10. The minimum Gasteiger partial charge on any atom is -0.490 e. The zero-order valence-electron chi connectivity index (χ0n) is 12.4. The highest BCUT2D eigenvalue weighted by molar-refractivity contribution is 5.76. The highest BCUT2D eigenvalue weighted by Crippen LogP contribution is 2.19. The highest BCUT2D eigenvalue weighted by Gasteiger charge is 2.23. The standard InChI is InChI=1S/C16H22FNO3/c1-2-20-12-9-16(19)18-10-7-15(8-11-18)21-14-5-3-13(17)4-6-14/h3-6,15H,2,7-12H2,1H3. The zero-order chi connectivity index (χ0) is 15.1. The molecule has 1 aromatic rings. The van der Waals surface area contributed by atoms with Crippen LogP contribution in [0.1, 0.15) is 26.2 Å². The number of carbonyl (C=O) groups is 1. The van der Waals surface area contributed by atoms with Gasteiger partial charge in [-0.15, -0.1) is 0 Å². The van der Waals surface area contributed by atoms with Crippen LogP contribution in [0.2, 0.25) is 0 Å². The second kappa shape index (κ2) is 7.98. The number of rotatable bonds is 6. The molecule has 1 amide bonds. The maximum Gasteiger partial charge on any atom is 0.224 e. The molecule has 1 aromatic carbocycles. The van der Waals surface area contributed by atoms with Gasteiger partial charge in [-0.2, -0.15) is 0 Å². The number of halogens is 1. The van der Waals surface area contributed by atoms with E-state index in [0.29, 0.717) is 38.5 Å². The Hall–Kier alpha value is -1.62. The predicted octanol–water partition coefficient (Wildman–Crippen LogP) is 2.62. The molecule has 0 unspecified atom stereocenters. The minimum absolute atomic E-state index is 0.0893. The van der Waals surface area contributed by atoms with Crippen LogP contribution < -0.4 is 4.74 Å². The fourth-order valence-corrected chi connectivity index (χ4v) is 2.39. The molecule has 1 saturated heterocycles. The Morgan fingerprint density at radius 2 is 1.95 bits per heavy atom. The van der Waals surface area contributed by atoms with Gasteiger partial charge in [0.15, 0.2) is 0 Å². The minimum atomic E-state index is -0.267. The average Bonchev–Trinajstić information content (AvgIpc) is 2.50. The maximum absolute atomic E-state index is 12.8. The first-order chi connectivity index (χ1) is 10.2. The quantitative estimate of drug-likeness (QED) is 0.757. The van der Waals surface area contributed by atoms with E-state index in [-0.39, 0.29) is 17.8 Å². The number of carbonyl (C=O) groups excluding carboxylic acids is 1. The molecular weight excluding hydrogens is 273 g/mol. The third-order valence-corrected chi connectivity index (χ3v) is 3.58. The Morgan fingerprint density at radius 1 is 1.29 bits per heavy atom. The van der Waals surface area contributed by atoms with Crippen LogP contribution in [-0.2, 0) is 9.53 Å². The molecule has 4 nitrogen and oxygen atoms in total. The van der Waals surface area contributed by atoms with Crippen molar-refractivity contribution in [3.8, 4) is 5.75 Å². The van der Waals surface area contributed by atoms with E-state index in [9.17, 15) is 9.18 Å². The molecule has 2 rings (SSSR count). The Morgan fingerprint density at radius 3 is 2.57 bits per heavy atom. The SMILES string of the molecule is CCOCCC(=O)N1CCC(Oc2ccc(F)cc2)CC1. The molecule has 0 spiro atoms. The number of likely N-dealkylation sites (tertiary alicyclic amines) is 1. The molecule has 0 radical (unpaired) electrons.